The van der Waals surface area contributed by atoms with Gasteiger partial charge in [0.25, 0.3) is 0 Å². The van der Waals surface area contributed by atoms with Gasteiger partial charge in [-0.15, -0.1) is 23.2 Å². The number of aryl methyl sites for hydroxylation is 1. The number of aliphatic hydroxyl groups excluding tert-OH is 1. The van der Waals surface area contributed by atoms with Crippen molar-refractivity contribution < 1.29 is 29.0 Å². The summed E-state index contributed by atoms with van der Waals surface area (Å²) in [7, 11) is 0. The molecule has 56 heavy (non-hydrogen) atoms. The number of carbonyl (C=O) groups excluding carboxylic acids is 4. The number of aliphatic hydroxyl groups is 1. The maximum atomic E-state index is 13.9. The Hall–Kier alpha value is -3.95. The number of thiazole rings is 1. The number of unbranched alkanes of at least 4 members (excludes halogenated alkanes) is 7. The predicted molar refractivity (Wildman–Crippen MR) is 219 cm³/mol. The van der Waals surface area contributed by atoms with Gasteiger partial charge in [0.1, 0.15) is 12.1 Å². The lowest BCUT2D eigenvalue weighted by Gasteiger charge is -2.35. The normalized spacial score (nSPS) is 22.1. The number of nitrogens with zero attached hydrogens (tertiary/aromatic N) is 2. The number of hydrogen-bond donors (Lipinski definition) is 4. The third-order valence-corrected chi connectivity index (χ3v) is 12.5. The fraction of sp³-hybridized carbons (Fsp3) is 0.659. The molecule has 12 heteroatoms. The van der Waals surface area contributed by atoms with E-state index in [1.54, 1.807) is 11.3 Å². The van der Waals surface area contributed by atoms with Crippen LogP contribution in [0.5, 0.6) is 0 Å². The van der Waals surface area contributed by atoms with Crippen LogP contribution in [0.15, 0.2) is 29.8 Å². The number of rotatable bonds is 19. The van der Waals surface area contributed by atoms with Gasteiger partial charge >= 0.3 is 6.09 Å². The minimum Gasteiger partial charge on any atom is -0.449 e. The van der Waals surface area contributed by atoms with Gasteiger partial charge in [0.2, 0.25) is 17.7 Å². The van der Waals surface area contributed by atoms with Gasteiger partial charge in [-0.1, -0.05) is 83.6 Å². The number of hydrogen-bond acceptors (Lipinski definition) is 8. The molecular weight excluding hydrogens is 727 g/mol. The molecule has 1 unspecified atom stereocenters. The van der Waals surface area contributed by atoms with Crippen LogP contribution in [0.3, 0.4) is 0 Å². The molecule has 2 aliphatic carbocycles. The SMILES string of the molecule is Cc1ncsc1-c1ccc(CNC(=O)[C@@H]2C[C@@H](O)CN2C(=O)[C@@H](NC(=O)CCCCCCCCCCNC(=O)OCC2[C@H]3CCC#CCC[C@@H]23)C(C)(C)C)cc1. The van der Waals surface area contributed by atoms with Crippen LogP contribution in [0.4, 0.5) is 4.79 Å². The van der Waals surface area contributed by atoms with Gasteiger partial charge in [0.05, 0.1) is 28.8 Å². The summed E-state index contributed by atoms with van der Waals surface area (Å²) in [6.45, 7) is 9.17. The summed E-state index contributed by atoms with van der Waals surface area (Å²) < 4.78 is 5.50. The average Bonchev–Trinajstić information content (AvgIpc) is 3.40. The molecule has 5 rings (SSSR count). The smallest absolute Gasteiger partial charge is 0.407 e. The maximum Gasteiger partial charge on any atom is 0.407 e. The quantitative estimate of drug-likeness (QED) is 0.0894. The number of carbonyl (C=O) groups is 4. The highest BCUT2D eigenvalue weighted by Gasteiger charge is 2.49. The largest absolute Gasteiger partial charge is 0.449 e. The summed E-state index contributed by atoms with van der Waals surface area (Å²) in [5.74, 6) is 7.45. The van der Waals surface area contributed by atoms with Gasteiger partial charge in [-0.25, -0.2) is 9.78 Å². The minimum absolute atomic E-state index is 0.0448. The topological polar surface area (TPSA) is 150 Å². The third kappa shape index (κ3) is 12.8. The Kier molecular flexibility index (Phi) is 16.2. The summed E-state index contributed by atoms with van der Waals surface area (Å²) in [6.07, 6.45) is 11.5. The predicted octanol–water partition coefficient (Wildman–Crippen LogP) is 6.90. The summed E-state index contributed by atoms with van der Waals surface area (Å²) in [6, 6.07) is 6.30. The summed E-state index contributed by atoms with van der Waals surface area (Å²) in [5.41, 5.74) is 4.20. The molecule has 0 bridgehead atoms. The molecule has 6 atom stereocenters. The molecule has 2 heterocycles. The molecule has 0 spiro atoms. The molecule has 2 fully saturated rings. The second-order valence-corrected chi connectivity index (χ2v) is 17.8. The average molecular weight is 790 g/mol. The number of likely N-dealkylation sites (tertiary alicyclic amines) is 1. The highest BCUT2D eigenvalue weighted by molar-refractivity contribution is 7.13. The third-order valence-electron chi connectivity index (χ3n) is 11.6. The zero-order chi connectivity index (χ0) is 40.1. The van der Waals surface area contributed by atoms with Crippen LogP contribution in [0.1, 0.15) is 122 Å². The molecule has 1 aliphatic heterocycles. The van der Waals surface area contributed by atoms with Crippen molar-refractivity contribution in [3.8, 4) is 22.3 Å². The number of β-amino-alcohol motifs (C(OH)–C–C–N with tert-alkyl or cyclic N) is 1. The number of ether oxygens (including phenoxy) is 1. The first kappa shape index (κ1) is 43.2. The number of nitrogens with one attached hydrogen (secondary N) is 3. The first-order valence-electron chi connectivity index (χ1n) is 20.8. The van der Waals surface area contributed by atoms with Gasteiger partial charge < -0.3 is 30.7 Å². The van der Waals surface area contributed by atoms with E-state index in [1.165, 1.54) is 4.90 Å². The molecule has 0 radical (unpaired) electrons. The van der Waals surface area contributed by atoms with Crippen molar-refractivity contribution in [2.24, 2.45) is 23.2 Å². The molecule has 4 N–H and O–H groups in total. The fourth-order valence-corrected chi connectivity index (χ4v) is 8.99. The van der Waals surface area contributed by atoms with E-state index in [4.69, 9.17) is 4.74 Å². The molecule has 306 valence electrons. The van der Waals surface area contributed by atoms with E-state index in [0.29, 0.717) is 43.9 Å². The van der Waals surface area contributed by atoms with Crippen molar-refractivity contribution >= 4 is 35.2 Å². The Balaban J connectivity index is 0.931. The Bertz CT molecular complexity index is 1660. The Morgan fingerprint density at radius 1 is 0.946 bits per heavy atom. The molecule has 1 saturated heterocycles. The van der Waals surface area contributed by atoms with E-state index in [-0.39, 0.29) is 36.8 Å². The second-order valence-electron chi connectivity index (χ2n) is 17.0. The van der Waals surface area contributed by atoms with E-state index < -0.39 is 23.6 Å². The van der Waals surface area contributed by atoms with E-state index >= 15 is 0 Å². The van der Waals surface area contributed by atoms with Gasteiger partial charge in [-0.2, -0.15) is 0 Å². The molecule has 1 aromatic carbocycles. The van der Waals surface area contributed by atoms with Crippen LogP contribution in [0.2, 0.25) is 0 Å². The minimum atomic E-state index is -0.832. The van der Waals surface area contributed by atoms with Crippen LogP contribution < -0.4 is 16.0 Å². The maximum absolute atomic E-state index is 13.9. The zero-order valence-electron chi connectivity index (χ0n) is 33.9. The molecule has 1 saturated carbocycles. The number of aromatic nitrogens is 1. The Morgan fingerprint density at radius 3 is 2.21 bits per heavy atom. The van der Waals surface area contributed by atoms with E-state index in [2.05, 4.69) is 32.8 Å². The van der Waals surface area contributed by atoms with Gasteiger partial charge in [0.15, 0.2) is 0 Å². The van der Waals surface area contributed by atoms with Crippen LogP contribution in [-0.2, 0) is 25.7 Å². The zero-order valence-corrected chi connectivity index (χ0v) is 34.7. The molecule has 3 aliphatic rings. The number of alkyl carbamates (subject to hydrolysis) is 1. The lowest BCUT2D eigenvalue weighted by molar-refractivity contribution is -0.144. The highest BCUT2D eigenvalue weighted by atomic mass is 32.1. The Labute approximate surface area is 337 Å². The fourth-order valence-electron chi connectivity index (χ4n) is 8.18. The lowest BCUT2D eigenvalue weighted by atomic mass is 9.85. The van der Waals surface area contributed by atoms with Crippen molar-refractivity contribution in [1.29, 1.82) is 0 Å². The van der Waals surface area contributed by atoms with Crippen LogP contribution in [0, 0.1) is 41.9 Å². The van der Waals surface area contributed by atoms with Crippen molar-refractivity contribution in [3.63, 3.8) is 0 Å². The van der Waals surface area contributed by atoms with Crippen molar-refractivity contribution in [2.45, 2.75) is 142 Å². The van der Waals surface area contributed by atoms with Gasteiger partial charge in [-0.3, -0.25) is 14.4 Å². The monoisotopic (exact) mass is 789 g/mol. The first-order valence-corrected chi connectivity index (χ1v) is 21.7. The van der Waals surface area contributed by atoms with Gasteiger partial charge in [-0.05, 0) is 66.9 Å². The van der Waals surface area contributed by atoms with E-state index in [9.17, 15) is 24.3 Å². The summed E-state index contributed by atoms with van der Waals surface area (Å²) >= 11 is 1.59. The van der Waals surface area contributed by atoms with Crippen molar-refractivity contribution in [1.82, 2.24) is 25.8 Å². The lowest BCUT2D eigenvalue weighted by Crippen LogP contribution is -2.57. The first-order chi connectivity index (χ1) is 26.9. The van der Waals surface area contributed by atoms with Crippen molar-refractivity contribution in [2.75, 3.05) is 19.7 Å². The molecule has 1 aromatic heterocycles. The van der Waals surface area contributed by atoms with E-state index in [0.717, 1.165) is 98.7 Å². The molecule has 11 nitrogen and oxygen atoms in total. The Morgan fingerprint density at radius 2 is 1.59 bits per heavy atom. The van der Waals surface area contributed by atoms with Crippen LogP contribution >= 0.6 is 11.3 Å². The van der Waals surface area contributed by atoms with Crippen LogP contribution in [0.25, 0.3) is 10.4 Å². The van der Waals surface area contributed by atoms with Crippen molar-refractivity contribution in [3.05, 3.63) is 41.0 Å². The highest BCUT2D eigenvalue weighted by Crippen LogP contribution is 2.52. The van der Waals surface area contributed by atoms with Crippen LogP contribution in [-0.4, -0.2) is 76.7 Å². The number of fused-ring (bicyclic) bond motifs is 1. The standard InChI is InChI=1S/C44H63N5O6S/c1-30-39(56-29-47-30)32-22-20-31(21-23-32)26-46-41(52)37-25-33(50)27-49(37)42(53)40(44(2,3)4)48-38(51)19-15-9-7-5-6-8-12-16-24-45-43(54)55-28-36-34-17-13-10-11-14-18-35(34)36/h20-23,29,33-37,40,50H,5-9,12-19,24-28H2,1-4H3,(H,45,54)(H,46,52)(H,48,51)/t33-,34-,35+,36?,37+,40-/m1/s1. The number of benzene rings is 1. The molecule has 4 amide bonds. The molecular formula is C44H63N5O6S. The van der Waals surface area contributed by atoms with E-state index in [1.807, 2.05) is 57.5 Å². The second kappa shape index (κ2) is 21.0. The molecule has 2 aromatic rings. The number of amides is 4. The summed E-state index contributed by atoms with van der Waals surface area (Å²) in [5, 5.41) is 19.3. The summed E-state index contributed by atoms with van der Waals surface area (Å²) in [4.78, 5) is 59.3. The van der Waals surface area contributed by atoms with Gasteiger partial charge in [0, 0.05) is 45.3 Å².